The van der Waals surface area contributed by atoms with Gasteiger partial charge in [0.2, 0.25) is 0 Å². The molecule has 9 aliphatic rings. The highest BCUT2D eigenvalue weighted by Gasteiger charge is 2.85. The maximum absolute atomic E-state index is 12.1. The van der Waals surface area contributed by atoms with E-state index in [0.717, 1.165) is 50.5 Å². The second kappa shape index (κ2) is 14.4. The second-order valence-corrected chi connectivity index (χ2v) is 21.2. The van der Waals surface area contributed by atoms with Crippen molar-refractivity contribution in [1.82, 2.24) is 0 Å². The summed E-state index contributed by atoms with van der Waals surface area (Å²) in [5.74, 6) is 0.312. The van der Waals surface area contributed by atoms with Crippen LogP contribution >= 0.6 is 0 Å². The van der Waals surface area contributed by atoms with Crippen molar-refractivity contribution in [2.75, 3.05) is 13.7 Å². The van der Waals surface area contributed by atoms with Gasteiger partial charge in [-0.3, -0.25) is 0 Å². The van der Waals surface area contributed by atoms with Crippen LogP contribution in [-0.2, 0) is 42.7 Å². The normalized spacial score (nSPS) is 57.7. The van der Waals surface area contributed by atoms with E-state index in [0.29, 0.717) is 12.5 Å². The molecular formula is C45H70O13. The third-order valence-electron chi connectivity index (χ3n) is 18.6. The zero-order valence-corrected chi connectivity index (χ0v) is 35.9. The molecule has 13 heteroatoms. The molecule has 4 N–H and O–H groups in total. The third-order valence-corrected chi connectivity index (χ3v) is 18.6. The Morgan fingerprint density at radius 2 is 1.41 bits per heavy atom. The number of hydrogen-bond acceptors (Lipinski definition) is 13. The fraction of sp³-hybridized carbons (Fsp3) is 0.933. The first-order valence-corrected chi connectivity index (χ1v) is 22.4. The molecule has 2 spiro atoms. The molecular weight excluding hydrogens is 748 g/mol. The summed E-state index contributed by atoms with van der Waals surface area (Å²) >= 11 is 0. The van der Waals surface area contributed by atoms with Gasteiger partial charge in [0.15, 0.2) is 18.9 Å². The molecule has 3 saturated heterocycles. The molecule has 58 heavy (non-hydrogen) atoms. The first-order chi connectivity index (χ1) is 27.3. The van der Waals surface area contributed by atoms with Crippen LogP contribution in [0.15, 0.2) is 11.6 Å². The van der Waals surface area contributed by atoms with Gasteiger partial charge in [0.25, 0.3) is 0 Å². The Hall–Kier alpha value is -1.23. The summed E-state index contributed by atoms with van der Waals surface area (Å²) in [7, 11) is 1.54. The monoisotopic (exact) mass is 818 g/mol. The van der Waals surface area contributed by atoms with E-state index in [2.05, 4.69) is 20.8 Å². The molecule has 13 nitrogen and oxygen atoms in total. The first kappa shape index (κ1) is 42.1. The Balaban J connectivity index is 0.801. The van der Waals surface area contributed by atoms with E-state index in [-0.39, 0.29) is 70.4 Å². The number of carbonyl (C=O) groups excluding carboxylic acids is 1. The molecule has 0 aromatic rings. The smallest absolute Gasteiger partial charge is 0.331 e. The van der Waals surface area contributed by atoms with Gasteiger partial charge in [0.05, 0.1) is 48.8 Å². The van der Waals surface area contributed by atoms with Crippen LogP contribution < -0.4 is 0 Å². The number of aliphatic hydroxyl groups is 4. The lowest BCUT2D eigenvalue weighted by Crippen LogP contribution is -2.62. The Labute approximate surface area is 343 Å². The molecule has 8 fully saturated rings. The molecule has 4 aliphatic heterocycles. The minimum absolute atomic E-state index is 0.00463. The topological polar surface area (TPSA) is 172 Å². The van der Waals surface area contributed by atoms with Crippen LogP contribution in [0.3, 0.4) is 0 Å². The SMILES string of the molecule is COC1C(O)CC(OC2C(O)CC(OC3(C)C(O)CC(OC4CC[C@@]5(C)C6CC[C@]7(C)C(C8=CC(=O)OC8)C(O)C[C@]78CC68CCC5(C)C4)OC3C)OC2C)OC1C. The Morgan fingerprint density at radius 1 is 0.741 bits per heavy atom. The van der Waals surface area contributed by atoms with E-state index < -0.39 is 73.3 Å². The van der Waals surface area contributed by atoms with E-state index in [4.69, 9.17) is 37.9 Å². The number of cyclic esters (lactones) is 1. The number of rotatable bonds is 8. The predicted molar refractivity (Wildman–Crippen MR) is 208 cm³/mol. The highest BCUT2D eigenvalue weighted by Crippen LogP contribution is 2.91. The molecule has 5 aliphatic carbocycles. The lowest BCUT2D eigenvalue weighted by Gasteiger charge is -2.65. The molecule has 328 valence electrons. The average molecular weight is 819 g/mol. The van der Waals surface area contributed by atoms with Gasteiger partial charge in [-0.15, -0.1) is 0 Å². The zero-order valence-electron chi connectivity index (χ0n) is 35.9. The summed E-state index contributed by atoms with van der Waals surface area (Å²) in [6, 6.07) is 0. The number of ether oxygens (including phenoxy) is 8. The van der Waals surface area contributed by atoms with Crippen molar-refractivity contribution in [2.45, 2.75) is 211 Å². The second-order valence-electron chi connectivity index (χ2n) is 21.2. The van der Waals surface area contributed by atoms with E-state index in [9.17, 15) is 25.2 Å². The molecule has 9 rings (SSSR count). The lowest BCUT2D eigenvalue weighted by atomic mass is 9.40. The zero-order chi connectivity index (χ0) is 41.4. The van der Waals surface area contributed by atoms with Crippen molar-refractivity contribution >= 4 is 5.97 Å². The van der Waals surface area contributed by atoms with Gasteiger partial charge in [-0.2, -0.15) is 0 Å². The predicted octanol–water partition coefficient (Wildman–Crippen LogP) is 4.68. The largest absolute Gasteiger partial charge is 0.458 e. The van der Waals surface area contributed by atoms with Crippen molar-refractivity contribution in [2.24, 2.45) is 38.9 Å². The van der Waals surface area contributed by atoms with E-state index in [1.165, 1.54) is 20.0 Å². The van der Waals surface area contributed by atoms with Crippen LogP contribution in [0.2, 0.25) is 0 Å². The van der Waals surface area contributed by atoms with Crippen molar-refractivity contribution in [3.8, 4) is 0 Å². The number of fused-ring (bicyclic) bond motifs is 2. The van der Waals surface area contributed by atoms with Crippen molar-refractivity contribution in [1.29, 1.82) is 0 Å². The molecule has 21 atom stereocenters. The van der Waals surface area contributed by atoms with E-state index in [1.807, 2.05) is 27.7 Å². The number of aliphatic hydroxyl groups excluding tert-OH is 4. The highest BCUT2D eigenvalue weighted by molar-refractivity contribution is 5.85. The number of methoxy groups -OCH3 is 1. The Kier molecular flexibility index (Phi) is 10.5. The fourth-order valence-corrected chi connectivity index (χ4v) is 15.2. The maximum Gasteiger partial charge on any atom is 0.331 e. The fourth-order valence-electron chi connectivity index (χ4n) is 15.2. The van der Waals surface area contributed by atoms with Gasteiger partial charge in [0.1, 0.15) is 24.4 Å². The standard InChI is InChI=1S/C45H70O13/c1-23-38(51-8)28(46)16-34(53-23)57-39-24(2)54-36(17-29(39)47)58-43(7)25(3)55-35(18-32(43)49)56-27-9-11-41(5)31-10-12-42(6)37(26-15-33(50)52-21-26)30(48)20-45(42)22-44(31,45)14-13-40(41,4)19-27/h15,23-25,27-32,34-39,46-49H,9-14,16-22H2,1-8H3/t23?,24?,25?,27?,28?,29?,30?,31?,32?,34?,35?,36?,37?,38?,39?,40?,41-,42+,43?,44?,45-/m0/s1. The average Bonchev–Trinajstić information content (AvgIpc) is 3.51. The van der Waals surface area contributed by atoms with E-state index in [1.54, 1.807) is 6.08 Å². The molecule has 0 radical (unpaired) electrons. The molecule has 18 unspecified atom stereocenters. The summed E-state index contributed by atoms with van der Waals surface area (Å²) in [5.41, 5.74) is 0.467. The Bertz CT molecular complexity index is 1590. The summed E-state index contributed by atoms with van der Waals surface area (Å²) in [4.78, 5) is 12.1. The highest BCUT2D eigenvalue weighted by atomic mass is 16.7. The first-order valence-electron chi connectivity index (χ1n) is 22.4. The summed E-state index contributed by atoms with van der Waals surface area (Å²) in [6.07, 6.45) is 4.09. The van der Waals surface area contributed by atoms with Crippen LogP contribution in [0.4, 0.5) is 0 Å². The minimum atomic E-state index is -1.10. The number of esters is 1. The van der Waals surface area contributed by atoms with Crippen molar-refractivity contribution < 1.29 is 63.1 Å². The molecule has 5 saturated carbocycles. The molecule has 0 bridgehead atoms. The number of carbonyl (C=O) groups is 1. The maximum atomic E-state index is 12.1. The third kappa shape index (κ3) is 6.13. The summed E-state index contributed by atoms with van der Waals surface area (Å²) < 4.78 is 48.7. The van der Waals surface area contributed by atoms with E-state index >= 15 is 0 Å². The quantitative estimate of drug-likeness (QED) is 0.197. The van der Waals surface area contributed by atoms with Crippen LogP contribution in [0.5, 0.6) is 0 Å². The van der Waals surface area contributed by atoms with Crippen molar-refractivity contribution in [3.05, 3.63) is 11.6 Å². The van der Waals surface area contributed by atoms with Gasteiger partial charge >= 0.3 is 5.97 Å². The lowest BCUT2D eigenvalue weighted by molar-refractivity contribution is -0.359. The van der Waals surface area contributed by atoms with Crippen molar-refractivity contribution in [3.63, 3.8) is 0 Å². The van der Waals surface area contributed by atoms with Crippen LogP contribution in [0.1, 0.15) is 126 Å². The van der Waals surface area contributed by atoms with Crippen LogP contribution in [-0.4, -0.2) is 126 Å². The van der Waals surface area contributed by atoms with Gasteiger partial charge in [-0.25, -0.2) is 4.79 Å². The van der Waals surface area contributed by atoms with Gasteiger partial charge in [-0.1, -0.05) is 20.8 Å². The van der Waals surface area contributed by atoms with Crippen LogP contribution in [0.25, 0.3) is 0 Å². The molecule has 0 aromatic carbocycles. The summed E-state index contributed by atoms with van der Waals surface area (Å²) in [6.45, 7) is 15.1. The van der Waals surface area contributed by atoms with Gasteiger partial charge < -0.3 is 58.3 Å². The molecule has 0 aromatic heterocycles. The number of hydrogen-bond donors (Lipinski definition) is 4. The van der Waals surface area contributed by atoms with Crippen LogP contribution in [0, 0.1) is 38.9 Å². The molecule has 0 amide bonds. The molecule has 4 heterocycles. The van der Waals surface area contributed by atoms with Gasteiger partial charge in [0, 0.05) is 38.4 Å². The Morgan fingerprint density at radius 3 is 2.09 bits per heavy atom. The summed E-state index contributed by atoms with van der Waals surface area (Å²) in [5, 5.41) is 45.0. The van der Waals surface area contributed by atoms with Gasteiger partial charge in [-0.05, 0) is 124 Å². The minimum Gasteiger partial charge on any atom is -0.458 e.